The van der Waals surface area contributed by atoms with Crippen LogP contribution in [-0.2, 0) is 6.42 Å². The Bertz CT molecular complexity index is 1120. The number of aryl methyl sites for hydroxylation is 1. The molecule has 0 aliphatic carbocycles. The van der Waals surface area contributed by atoms with Gasteiger partial charge in [-0.05, 0) is 42.3 Å². The number of hydrogen-bond acceptors (Lipinski definition) is 4. The highest BCUT2D eigenvalue weighted by molar-refractivity contribution is 5.92. The molecule has 4 aromatic rings. The molecule has 6 nitrogen and oxygen atoms in total. The van der Waals surface area contributed by atoms with E-state index in [2.05, 4.69) is 15.5 Å². The Morgan fingerprint density at radius 1 is 1.14 bits per heavy atom. The molecule has 28 heavy (non-hydrogen) atoms. The van der Waals surface area contributed by atoms with Crippen LogP contribution < -0.4 is 5.32 Å². The van der Waals surface area contributed by atoms with Crippen LogP contribution in [0.25, 0.3) is 22.2 Å². The number of carbonyl (C=O) groups is 1. The van der Waals surface area contributed by atoms with Gasteiger partial charge in [0.15, 0.2) is 5.58 Å². The highest BCUT2D eigenvalue weighted by atomic mass is 16.5. The molecule has 4 rings (SSSR count). The number of amides is 1. The summed E-state index contributed by atoms with van der Waals surface area (Å²) < 4.78 is 5.52. The van der Waals surface area contributed by atoms with Gasteiger partial charge in [-0.3, -0.25) is 4.98 Å². The lowest BCUT2D eigenvalue weighted by molar-refractivity contribution is 0.190. The first-order chi connectivity index (χ1) is 13.6. The van der Waals surface area contributed by atoms with Crippen LogP contribution in [0.5, 0.6) is 0 Å². The van der Waals surface area contributed by atoms with Gasteiger partial charge in [-0.2, -0.15) is 0 Å². The lowest BCUT2D eigenvalue weighted by atomic mass is 9.93. The number of benzene rings is 2. The van der Waals surface area contributed by atoms with Crippen molar-refractivity contribution in [1.29, 1.82) is 0 Å². The summed E-state index contributed by atoms with van der Waals surface area (Å²) >= 11 is 0. The molecule has 2 N–H and O–H groups in total. The summed E-state index contributed by atoms with van der Waals surface area (Å²) in [6, 6.07) is 18.7. The second kappa shape index (κ2) is 7.52. The zero-order chi connectivity index (χ0) is 19.5. The quantitative estimate of drug-likeness (QED) is 0.527. The molecule has 6 heteroatoms. The summed E-state index contributed by atoms with van der Waals surface area (Å²) in [5.74, 6) is 0. The van der Waals surface area contributed by atoms with Gasteiger partial charge in [-0.15, -0.1) is 0 Å². The predicted octanol–water partition coefficient (Wildman–Crippen LogP) is 4.75. The average Bonchev–Trinajstić information content (AvgIpc) is 3.11. The van der Waals surface area contributed by atoms with Crippen LogP contribution in [0.15, 0.2) is 71.4 Å². The summed E-state index contributed by atoms with van der Waals surface area (Å²) in [5.41, 5.74) is 4.95. The first kappa shape index (κ1) is 17.7. The van der Waals surface area contributed by atoms with E-state index in [1.165, 1.54) is 0 Å². The monoisotopic (exact) mass is 373 g/mol. The molecule has 0 aliphatic heterocycles. The molecule has 0 spiro atoms. The van der Waals surface area contributed by atoms with E-state index in [-0.39, 0.29) is 0 Å². The summed E-state index contributed by atoms with van der Waals surface area (Å²) in [6.07, 6.45) is 1.04. The number of rotatable bonds is 5. The lowest BCUT2D eigenvalue weighted by Gasteiger charge is -2.20. The molecule has 2 heterocycles. The van der Waals surface area contributed by atoms with Crippen LogP contribution in [0.2, 0.25) is 0 Å². The zero-order valence-corrected chi connectivity index (χ0v) is 15.3. The molecule has 1 amide bonds. The summed E-state index contributed by atoms with van der Waals surface area (Å²) in [5, 5.41) is 17.2. The standard InChI is InChI=1S/C22H19N3O3/c1-14-9-10-18-20(12-14)28-25-21(18)17-8-3-2-7-16(17)19(24-22(26)27)13-15-6-4-5-11-23-15/h2-12,19,24H,13H2,1H3,(H,26,27). The Morgan fingerprint density at radius 3 is 2.75 bits per heavy atom. The van der Waals surface area contributed by atoms with Crippen molar-refractivity contribution in [1.82, 2.24) is 15.5 Å². The molecule has 1 unspecified atom stereocenters. The number of carboxylic acid groups (broad SMARTS) is 1. The van der Waals surface area contributed by atoms with E-state index in [9.17, 15) is 9.90 Å². The molecule has 0 radical (unpaired) electrons. The number of fused-ring (bicyclic) bond motifs is 1. The minimum absolute atomic E-state index is 0.430. The van der Waals surface area contributed by atoms with Crippen LogP contribution >= 0.6 is 0 Å². The van der Waals surface area contributed by atoms with Crippen molar-refractivity contribution in [2.75, 3.05) is 0 Å². The van der Waals surface area contributed by atoms with Gasteiger partial charge in [0.1, 0.15) is 5.69 Å². The molecule has 140 valence electrons. The molecular weight excluding hydrogens is 354 g/mol. The van der Waals surface area contributed by atoms with Gasteiger partial charge in [0.2, 0.25) is 0 Å². The van der Waals surface area contributed by atoms with Crippen LogP contribution in [0, 0.1) is 6.92 Å². The SMILES string of the molecule is Cc1ccc2c(-c3ccccc3C(Cc3ccccn3)NC(=O)O)noc2c1. The third kappa shape index (κ3) is 3.57. The Labute approximate surface area is 161 Å². The highest BCUT2D eigenvalue weighted by Crippen LogP contribution is 2.34. The van der Waals surface area contributed by atoms with Gasteiger partial charge in [0.05, 0.1) is 6.04 Å². The Hall–Kier alpha value is -3.67. The van der Waals surface area contributed by atoms with Gasteiger partial charge in [-0.25, -0.2) is 4.79 Å². The molecule has 0 bridgehead atoms. The van der Waals surface area contributed by atoms with E-state index in [1.807, 2.05) is 67.6 Å². The molecule has 2 aromatic carbocycles. The third-order valence-corrected chi connectivity index (χ3v) is 4.66. The molecule has 0 fully saturated rings. The Morgan fingerprint density at radius 2 is 1.96 bits per heavy atom. The highest BCUT2D eigenvalue weighted by Gasteiger charge is 2.22. The molecule has 1 atom stereocenters. The first-order valence-corrected chi connectivity index (χ1v) is 8.96. The van der Waals surface area contributed by atoms with Gasteiger partial charge in [0, 0.05) is 29.3 Å². The van der Waals surface area contributed by atoms with Crippen molar-refractivity contribution < 1.29 is 14.4 Å². The van der Waals surface area contributed by atoms with Crippen molar-refractivity contribution in [3.63, 3.8) is 0 Å². The van der Waals surface area contributed by atoms with Crippen molar-refractivity contribution in [3.05, 3.63) is 83.7 Å². The molecule has 0 saturated heterocycles. The maximum absolute atomic E-state index is 11.5. The fourth-order valence-electron chi connectivity index (χ4n) is 3.37. The number of pyridine rings is 1. The second-order valence-electron chi connectivity index (χ2n) is 6.65. The molecular formula is C22H19N3O3. The van der Waals surface area contributed by atoms with E-state index in [4.69, 9.17) is 4.52 Å². The van der Waals surface area contributed by atoms with Gasteiger partial charge >= 0.3 is 6.09 Å². The maximum Gasteiger partial charge on any atom is 0.405 e. The van der Waals surface area contributed by atoms with Gasteiger partial charge < -0.3 is 14.9 Å². The van der Waals surface area contributed by atoms with Crippen molar-refractivity contribution in [3.8, 4) is 11.3 Å². The largest absolute Gasteiger partial charge is 0.465 e. The fourth-order valence-corrected chi connectivity index (χ4v) is 3.37. The van der Waals surface area contributed by atoms with Gasteiger partial charge in [-0.1, -0.05) is 41.6 Å². The topological polar surface area (TPSA) is 88.2 Å². The van der Waals surface area contributed by atoms with E-state index < -0.39 is 12.1 Å². The van der Waals surface area contributed by atoms with E-state index >= 15 is 0 Å². The van der Waals surface area contributed by atoms with Crippen LogP contribution in [0.3, 0.4) is 0 Å². The molecule has 0 saturated carbocycles. The lowest BCUT2D eigenvalue weighted by Crippen LogP contribution is -2.29. The minimum Gasteiger partial charge on any atom is -0.465 e. The van der Waals surface area contributed by atoms with E-state index in [0.717, 1.165) is 27.8 Å². The Balaban J connectivity index is 1.80. The van der Waals surface area contributed by atoms with Gasteiger partial charge in [0.25, 0.3) is 0 Å². The smallest absolute Gasteiger partial charge is 0.405 e. The number of hydrogen-bond donors (Lipinski definition) is 2. The fraction of sp³-hybridized carbons (Fsp3) is 0.136. The molecule has 2 aromatic heterocycles. The number of aromatic nitrogens is 2. The van der Waals surface area contributed by atoms with Crippen molar-refractivity contribution in [2.45, 2.75) is 19.4 Å². The van der Waals surface area contributed by atoms with E-state index in [1.54, 1.807) is 6.20 Å². The minimum atomic E-state index is -1.09. The van der Waals surface area contributed by atoms with Crippen LogP contribution in [0.4, 0.5) is 4.79 Å². The van der Waals surface area contributed by atoms with Crippen LogP contribution in [0.1, 0.15) is 22.9 Å². The number of nitrogens with one attached hydrogen (secondary N) is 1. The predicted molar refractivity (Wildman–Crippen MR) is 106 cm³/mol. The second-order valence-corrected chi connectivity index (χ2v) is 6.65. The maximum atomic E-state index is 11.5. The Kier molecular flexibility index (Phi) is 4.76. The van der Waals surface area contributed by atoms with Crippen molar-refractivity contribution in [2.24, 2.45) is 0 Å². The summed E-state index contributed by atoms with van der Waals surface area (Å²) in [7, 11) is 0. The normalized spacial score (nSPS) is 12.0. The number of nitrogens with zero attached hydrogens (tertiary/aromatic N) is 2. The van der Waals surface area contributed by atoms with Crippen LogP contribution in [-0.4, -0.2) is 21.3 Å². The molecule has 0 aliphatic rings. The van der Waals surface area contributed by atoms with E-state index in [0.29, 0.717) is 17.7 Å². The average molecular weight is 373 g/mol. The summed E-state index contributed by atoms with van der Waals surface area (Å²) in [4.78, 5) is 15.8. The van der Waals surface area contributed by atoms with Crippen molar-refractivity contribution >= 4 is 17.1 Å². The summed E-state index contributed by atoms with van der Waals surface area (Å²) in [6.45, 7) is 2.00. The first-order valence-electron chi connectivity index (χ1n) is 8.96. The third-order valence-electron chi connectivity index (χ3n) is 4.66. The zero-order valence-electron chi connectivity index (χ0n) is 15.3.